The number of aromatic carboxylic acids is 1. The Hall–Kier alpha value is -2.11. The van der Waals surface area contributed by atoms with Crippen molar-refractivity contribution in [3.8, 4) is 5.88 Å². The predicted molar refractivity (Wildman–Crippen MR) is 57.0 cm³/mol. The van der Waals surface area contributed by atoms with E-state index in [9.17, 15) is 9.59 Å². The summed E-state index contributed by atoms with van der Waals surface area (Å²) in [6.07, 6.45) is 3.54. The van der Waals surface area contributed by atoms with E-state index in [1.54, 1.807) is 0 Å². The molecule has 1 aliphatic heterocycles. The molecule has 0 aromatic carbocycles. The number of anilines is 1. The second-order valence-corrected chi connectivity index (χ2v) is 4.29. The molecular weight excluding hydrogens is 224 g/mol. The summed E-state index contributed by atoms with van der Waals surface area (Å²) in [4.78, 5) is 26.5. The first kappa shape index (κ1) is 10.1. The van der Waals surface area contributed by atoms with Crippen LogP contribution < -0.4 is 10.1 Å². The van der Waals surface area contributed by atoms with Crippen molar-refractivity contribution in [2.75, 3.05) is 5.32 Å². The fourth-order valence-corrected chi connectivity index (χ4v) is 2.03. The third kappa shape index (κ3) is 1.37. The van der Waals surface area contributed by atoms with E-state index in [1.165, 1.54) is 12.3 Å². The van der Waals surface area contributed by atoms with Crippen LogP contribution in [0, 0.1) is 0 Å². The first-order chi connectivity index (χ1) is 8.11. The lowest BCUT2D eigenvalue weighted by atomic mass is 9.78. The third-order valence-corrected chi connectivity index (χ3v) is 3.21. The minimum Gasteiger partial charge on any atom is -0.478 e. The van der Waals surface area contributed by atoms with Crippen LogP contribution in [0.25, 0.3) is 0 Å². The molecule has 6 nitrogen and oxygen atoms in total. The smallest absolute Gasteiger partial charge is 0.337 e. The van der Waals surface area contributed by atoms with E-state index in [0.29, 0.717) is 24.4 Å². The van der Waals surface area contributed by atoms with Gasteiger partial charge in [-0.2, -0.15) is 0 Å². The standard InChI is InChI=1S/C11H10N2O4/c14-9(15)6-4-7-8(12-5-6)17-11(2-1-3-11)10(16)13-7/h4-5H,1-3H2,(H,13,16)(H,14,15). The Morgan fingerprint density at radius 3 is 2.88 bits per heavy atom. The number of amides is 1. The lowest BCUT2D eigenvalue weighted by Crippen LogP contribution is -2.55. The molecule has 0 saturated heterocycles. The molecule has 88 valence electrons. The quantitative estimate of drug-likeness (QED) is 0.757. The largest absolute Gasteiger partial charge is 0.478 e. The topological polar surface area (TPSA) is 88.5 Å². The molecule has 0 unspecified atom stereocenters. The van der Waals surface area contributed by atoms with E-state index in [2.05, 4.69) is 10.3 Å². The maximum atomic E-state index is 11.8. The molecule has 2 N–H and O–H groups in total. The van der Waals surface area contributed by atoms with Crippen LogP contribution in [0.1, 0.15) is 29.6 Å². The van der Waals surface area contributed by atoms with Crippen molar-refractivity contribution in [3.63, 3.8) is 0 Å². The molecule has 0 bridgehead atoms. The van der Waals surface area contributed by atoms with Gasteiger partial charge in [0.15, 0.2) is 5.60 Å². The highest BCUT2D eigenvalue weighted by molar-refractivity contribution is 6.02. The number of rotatable bonds is 1. The van der Waals surface area contributed by atoms with Crippen LogP contribution in [0.15, 0.2) is 12.3 Å². The number of pyridine rings is 1. The summed E-state index contributed by atoms with van der Waals surface area (Å²) >= 11 is 0. The van der Waals surface area contributed by atoms with Gasteiger partial charge in [0.25, 0.3) is 5.91 Å². The van der Waals surface area contributed by atoms with Crippen LogP contribution in [0.3, 0.4) is 0 Å². The van der Waals surface area contributed by atoms with E-state index in [-0.39, 0.29) is 11.5 Å². The summed E-state index contributed by atoms with van der Waals surface area (Å²) in [7, 11) is 0. The van der Waals surface area contributed by atoms with Gasteiger partial charge in [-0.25, -0.2) is 9.78 Å². The molecule has 6 heteroatoms. The fourth-order valence-electron chi connectivity index (χ4n) is 2.03. The predicted octanol–water partition coefficient (Wildman–Crippen LogP) is 1.03. The fraction of sp³-hybridized carbons (Fsp3) is 0.364. The third-order valence-electron chi connectivity index (χ3n) is 3.21. The number of fused-ring (bicyclic) bond motifs is 1. The number of ether oxygens (including phenoxy) is 1. The molecule has 1 aromatic heterocycles. The van der Waals surface area contributed by atoms with Gasteiger partial charge in [0.05, 0.1) is 5.56 Å². The average Bonchev–Trinajstić information content (AvgIpc) is 2.25. The van der Waals surface area contributed by atoms with Crippen LogP contribution in [0.5, 0.6) is 5.88 Å². The Balaban J connectivity index is 1.99. The van der Waals surface area contributed by atoms with Gasteiger partial charge in [-0.3, -0.25) is 4.79 Å². The molecule has 17 heavy (non-hydrogen) atoms. The van der Waals surface area contributed by atoms with E-state index in [4.69, 9.17) is 9.84 Å². The Morgan fingerprint density at radius 2 is 2.29 bits per heavy atom. The zero-order valence-corrected chi connectivity index (χ0v) is 8.90. The first-order valence-electron chi connectivity index (χ1n) is 5.35. The van der Waals surface area contributed by atoms with Gasteiger partial charge in [-0.1, -0.05) is 0 Å². The van der Waals surface area contributed by atoms with Gasteiger partial charge < -0.3 is 15.2 Å². The molecule has 1 fully saturated rings. The Morgan fingerprint density at radius 1 is 1.53 bits per heavy atom. The summed E-state index contributed by atoms with van der Waals surface area (Å²) in [5, 5.41) is 11.5. The van der Waals surface area contributed by atoms with E-state index in [0.717, 1.165) is 6.42 Å². The second kappa shape index (κ2) is 3.19. The Kier molecular flexibility index (Phi) is 1.89. The summed E-state index contributed by atoms with van der Waals surface area (Å²) in [6, 6.07) is 1.36. The van der Waals surface area contributed by atoms with E-state index in [1.807, 2.05) is 0 Å². The molecule has 2 aliphatic rings. The van der Waals surface area contributed by atoms with Crippen LogP contribution in [0.4, 0.5) is 5.69 Å². The van der Waals surface area contributed by atoms with Crippen molar-refractivity contribution >= 4 is 17.6 Å². The number of aromatic nitrogens is 1. The number of hydrogen-bond donors (Lipinski definition) is 2. The summed E-state index contributed by atoms with van der Waals surface area (Å²) < 4.78 is 5.59. The zero-order chi connectivity index (χ0) is 12.0. The SMILES string of the molecule is O=C(O)c1cnc2c(c1)NC(=O)C1(CCC1)O2. The van der Waals surface area contributed by atoms with Gasteiger partial charge in [0.2, 0.25) is 5.88 Å². The molecule has 0 atom stereocenters. The normalized spacial score (nSPS) is 19.9. The molecular formula is C11H10N2O4. The highest BCUT2D eigenvalue weighted by Gasteiger charge is 2.50. The Labute approximate surface area is 96.6 Å². The number of carboxylic acid groups (broad SMARTS) is 1. The lowest BCUT2D eigenvalue weighted by molar-refractivity contribution is -0.140. The molecule has 3 rings (SSSR count). The van der Waals surface area contributed by atoms with Crippen LogP contribution in [0.2, 0.25) is 0 Å². The molecule has 2 heterocycles. The summed E-state index contributed by atoms with van der Waals surface area (Å²) in [5.74, 6) is -0.992. The molecule has 1 aromatic rings. The average molecular weight is 234 g/mol. The first-order valence-corrected chi connectivity index (χ1v) is 5.35. The van der Waals surface area contributed by atoms with Crippen LogP contribution in [-0.2, 0) is 4.79 Å². The van der Waals surface area contributed by atoms with Crippen molar-refractivity contribution in [1.82, 2.24) is 4.98 Å². The Bertz CT molecular complexity index is 522. The molecule has 0 radical (unpaired) electrons. The van der Waals surface area contributed by atoms with Crippen molar-refractivity contribution in [2.45, 2.75) is 24.9 Å². The van der Waals surface area contributed by atoms with Gasteiger partial charge in [0, 0.05) is 6.20 Å². The van der Waals surface area contributed by atoms with Crippen molar-refractivity contribution in [1.29, 1.82) is 0 Å². The monoisotopic (exact) mass is 234 g/mol. The molecule has 1 saturated carbocycles. The van der Waals surface area contributed by atoms with Gasteiger partial charge >= 0.3 is 5.97 Å². The lowest BCUT2D eigenvalue weighted by Gasteiger charge is -2.42. The highest BCUT2D eigenvalue weighted by Crippen LogP contribution is 2.42. The molecule has 1 spiro atoms. The minimum atomic E-state index is -1.08. The van der Waals surface area contributed by atoms with Crippen LogP contribution in [-0.4, -0.2) is 27.6 Å². The number of carbonyl (C=O) groups excluding carboxylic acids is 1. The van der Waals surface area contributed by atoms with Crippen molar-refractivity contribution in [3.05, 3.63) is 17.8 Å². The maximum Gasteiger partial charge on any atom is 0.337 e. The van der Waals surface area contributed by atoms with Gasteiger partial charge in [0.1, 0.15) is 5.69 Å². The highest BCUT2D eigenvalue weighted by atomic mass is 16.5. The summed E-state index contributed by atoms with van der Waals surface area (Å²) in [6.45, 7) is 0. The number of nitrogens with one attached hydrogen (secondary N) is 1. The van der Waals surface area contributed by atoms with Crippen LogP contribution >= 0.6 is 0 Å². The molecule has 1 amide bonds. The zero-order valence-electron chi connectivity index (χ0n) is 8.90. The van der Waals surface area contributed by atoms with Crippen molar-refractivity contribution in [2.24, 2.45) is 0 Å². The number of hydrogen-bond acceptors (Lipinski definition) is 4. The number of carbonyl (C=O) groups is 2. The maximum absolute atomic E-state index is 11.8. The minimum absolute atomic E-state index is 0.0252. The van der Waals surface area contributed by atoms with E-state index < -0.39 is 11.6 Å². The van der Waals surface area contributed by atoms with Crippen molar-refractivity contribution < 1.29 is 19.4 Å². The number of nitrogens with zero attached hydrogens (tertiary/aromatic N) is 1. The second-order valence-electron chi connectivity index (χ2n) is 4.29. The summed E-state index contributed by atoms with van der Waals surface area (Å²) in [5.41, 5.74) is -0.422. The van der Waals surface area contributed by atoms with Gasteiger partial charge in [-0.05, 0) is 25.3 Å². The number of carboxylic acids is 1. The van der Waals surface area contributed by atoms with E-state index >= 15 is 0 Å². The molecule has 1 aliphatic carbocycles. The van der Waals surface area contributed by atoms with Gasteiger partial charge in [-0.15, -0.1) is 0 Å².